The summed E-state index contributed by atoms with van der Waals surface area (Å²) in [6, 6.07) is -0.148. The van der Waals surface area contributed by atoms with Crippen molar-refractivity contribution >= 4 is 0 Å². The summed E-state index contributed by atoms with van der Waals surface area (Å²) < 4.78 is 0. The van der Waals surface area contributed by atoms with E-state index in [0.717, 1.165) is 38.5 Å². The Labute approximate surface area is 101 Å². The highest BCUT2D eigenvalue weighted by molar-refractivity contribution is 4.61. The van der Waals surface area contributed by atoms with Crippen LogP contribution in [0.5, 0.6) is 0 Å². The first-order valence-corrected chi connectivity index (χ1v) is 5.80. The Bertz CT molecular complexity index is 218. The molecule has 0 spiro atoms. The van der Waals surface area contributed by atoms with E-state index >= 15 is 0 Å². The molecule has 0 bridgehead atoms. The molecule has 0 heterocycles. The summed E-state index contributed by atoms with van der Waals surface area (Å²) in [5.74, 6) is 25.1. The molecule has 7 N–H and O–H groups in total. The largest absolute Gasteiger partial charge is 0.610 e. The van der Waals surface area contributed by atoms with Crippen LogP contribution in [0.3, 0.4) is 0 Å². The fourth-order valence-corrected chi connectivity index (χ4v) is 2.07. The minimum atomic E-state index is -0.856. The van der Waals surface area contributed by atoms with Gasteiger partial charge in [-0.15, -0.1) is 11.7 Å². The van der Waals surface area contributed by atoms with E-state index in [2.05, 4.69) is 0 Å². The third-order valence-electron chi connectivity index (χ3n) is 3.03. The Morgan fingerprint density at radius 1 is 1.06 bits per heavy atom. The highest BCUT2D eigenvalue weighted by Crippen LogP contribution is 2.22. The van der Waals surface area contributed by atoms with Crippen molar-refractivity contribution in [2.75, 3.05) is 0 Å². The van der Waals surface area contributed by atoms with Gasteiger partial charge in [-0.25, -0.2) is 0 Å². The minimum Gasteiger partial charge on any atom is -0.610 e. The topological polar surface area (TPSA) is 136 Å². The predicted molar refractivity (Wildman–Crippen MR) is 59.9 cm³/mol. The van der Waals surface area contributed by atoms with E-state index in [4.69, 9.17) is 33.5 Å². The summed E-state index contributed by atoms with van der Waals surface area (Å²) in [6.07, 6.45) is 7.14. The molecule has 1 saturated carbocycles. The maximum absolute atomic E-state index is 9.10. The number of nitrogens with zero attached hydrogens (tertiary/aromatic N) is 3. The quantitative estimate of drug-likeness (QED) is 0.390. The molecular formula is C8H22N7O2-. The van der Waals surface area contributed by atoms with Crippen molar-refractivity contribution in [1.82, 2.24) is 10.6 Å². The maximum atomic E-state index is 9.10. The number of hydrogen-bond acceptors (Lipinski definition) is 6. The second-order valence-corrected chi connectivity index (χ2v) is 4.41. The fourth-order valence-electron chi connectivity index (χ4n) is 2.07. The first kappa shape index (κ1) is 14.7. The molecule has 102 valence electrons. The Kier molecular flexibility index (Phi) is 5.66. The number of hydroxylamine groups is 1. The summed E-state index contributed by atoms with van der Waals surface area (Å²) >= 11 is 0. The summed E-state index contributed by atoms with van der Waals surface area (Å²) in [4.78, 5) is 3.91. The van der Waals surface area contributed by atoms with Crippen molar-refractivity contribution < 1.29 is 15.0 Å². The SMILES string of the molecule is [NH-]N([NH-])N(O)O[N+](N)(N)C1CCCCCCC1. The van der Waals surface area contributed by atoms with Crippen LogP contribution in [-0.4, -0.2) is 26.7 Å². The van der Waals surface area contributed by atoms with Gasteiger partial charge in [0.25, 0.3) is 0 Å². The molecule has 9 heteroatoms. The Morgan fingerprint density at radius 3 is 2.00 bits per heavy atom. The highest BCUT2D eigenvalue weighted by Gasteiger charge is 2.35. The lowest BCUT2D eigenvalue weighted by atomic mass is 9.97. The van der Waals surface area contributed by atoms with Crippen LogP contribution in [0.1, 0.15) is 44.9 Å². The molecule has 0 atom stereocenters. The second kappa shape index (κ2) is 6.54. The summed E-state index contributed by atoms with van der Waals surface area (Å²) in [6.45, 7) is 0. The number of quaternary nitrogens is 1. The van der Waals surface area contributed by atoms with Crippen molar-refractivity contribution in [3.05, 3.63) is 11.7 Å². The molecule has 0 radical (unpaired) electrons. The van der Waals surface area contributed by atoms with E-state index in [1.54, 1.807) is 0 Å². The number of hydrogen-bond donors (Lipinski definition) is 3. The van der Waals surface area contributed by atoms with Crippen LogP contribution < -0.4 is 11.7 Å². The Balaban J connectivity index is 2.53. The van der Waals surface area contributed by atoms with Crippen LogP contribution in [0.4, 0.5) is 0 Å². The summed E-state index contributed by atoms with van der Waals surface area (Å²) in [7, 11) is 0. The van der Waals surface area contributed by atoms with E-state index in [1.807, 2.05) is 0 Å². The first-order chi connectivity index (χ1) is 7.93. The molecule has 0 saturated heterocycles. The maximum Gasteiger partial charge on any atom is 0.160 e. The molecule has 0 aromatic carbocycles. The van der Waals surface area contributed by atoms with Gasteiger partial charge in [0, 0.05) is 18.2 Å². The van der Waals surface area contributed by atoms with E-state index in [0.29, 0.717) is 0 Å². The van der Waals surface area contributed by atoms with Gasteiger partial charge < -0.3 is 16.9 Å². The molecule has 1 rings (SSSR count). The van der Waals surface area contributed by atoms with Gasteiger partial charge in [0.15, 0.2) is 6.04 Å². The Morgan fingerprint density at radius 2 is 1.53 bits per heavy atom. The molecule has 0 amide bonds. The van der Waals surface area contributed by atoms with Crippen LogP contribution in [0.25, 0.3) is 11.7 Å². The summed E-state index contributed by atoms with van der Waals surface area (Å²) in [5.41, 5.74) is 0. The van der Waals surface area contributed by atoms with E-state index in [-0.39, 0.29) is 16.6 Å². The van der Waals surface area contributed by atoms with Crippen LogP contribution in [0.2, 0.25) is 0 Å². The van der Waals surface area contributed by atoms with Gasteiger partial charge in [-0.2, -0.15) is 0 Å². The Hall–Kier alpha value is -0.360. The van der Waals surface area contributed by atoms with Gasteiger partial charge in [0.2, 0.25) is 0 Å². The molecule has 1 aliphatic rings. The smallest absolute Gasteiger partial charge is 0.160 e. The van der Waals surface area contributed by atoms with Gasteiger partial charge in [-0.1, -0.05) is 19.3 Å². The van der Waals surface area contributed by atoms with Crippen LogP contribution in [-0.2, 0) is 4.94 Å². The zero-order valence-corrected chi connectivity index (χ0v) is 9.88. The lowest BCUT2D eigenvalue weighted by Crippen LogP contribution is -2.68. The zero-order chi connectivity index (χ0) is 12.9. The van der Waals surface area contributed by atoms with Gasteiger partial charge in [-0.05, 0) is 22.6 Å². The predicted octanol–water partition coefficient (Wildman–Crippen LogP) is 1.35. The monoisotopic (exact) mass is 248 g/mol. The van der Waals surface area contributed by atoms with Crippen molar-refractivity contribution in [3.63, 3.8) is 0 Å². The average Bonchev–Trinajstić information content (AvgIpc) is 2.14. The number of hydrazine groups is 1. The second-order valence-electron chi connectivity index (χ2n) is 4.41. The van der Waals surface area contributed by atoms with Crippen LogP contribution in [0, 0.1) is 0 Å². The van der Waals surface area contributed by atoms with Gasteiger partial charge in [0.05, 0.1) is 0 Å². The molecule has 0 aromatic heterocycles. The van der Waals surface area contributed by atoms with E-state index < -0.39 is 4.86 Å². The average molecular weight is 248 g/mol. The van der Waals surface area contributed by atoms with Gasteiger partial charge in [-0.3, -0.25) is 5.21 Å². The van der Waals surface area contributed by atoms with Crippen molar-refractivity contribution in [3.8, 4) is 0 Å². The van der Waals surface area contributed by atoms with E-state index in [1.165, 1.54) is 6.42 Å². The van der Waals surface area contributed by atoms with Crippen molar-refractivity contribution in [1.29, 1.82) is 0 Å². The lowest BCUT2D eigenvalue weighted by Gasteiger charge is -2.40. The van der Waals surface area contributed by atoms with Crippen LogP contribution in [0.15, 0.2) is 0 Å². The lowest BCUT2D eigenvalue weighted by molar-refractivity contribution is -1.18. The summed E-state index contributed by atoms with van der Waals surface area (Å²) in [5, 5.41) is 8.86. The zero-order valence-electron chi connectivity index (χ0n) is 9.88. The minimum absolute atomic E-state index is 0.0984. The standard InChI is InChI=1S/C8H22N7O2/c9-13(10)14(16)17-15(11,12)8-6-4-2-1-3-5-7-8/h8-10,16H,1-7,11-12H2/q-1. The third-order valence-corrected chi connectivity index (χ3v) is 3.03. The third kappa shape index (κ3) is 4.79. The van der Waals surface area contributed by atoms with Crippen molar-refractivity contribution in [2.45, 2.75) is 51.0 Å². The van der Waals surface area contributed by atoms with Crippen molar-refractivity contribution in [2.24, 2.45) is 11.7 Å². The fraction of sp³-hybridized carbons (Fsp3) is 1.00. The molecule has 1 aliphatic carbocycles. The molecule has 0 unspecified atom stereocenters. The molecular weight excluding hydrogens is 226 g/mol. The normalized spacial score (nSPS) is 20.6. The van der Waals surface area contributed by atoms with Gasteiger partial charge in [0.1, 0.15) is 0 Å². The van der Waals surface area contributed by atoms with E-state index in [9.17, 15) is 0 Å². The van der Waals surface area contributed by atoms with Crippen LogP contribution >= 0.6 is 0 Å². The number of nitrogens with two attached hydrogens (primary N) is 2. The number of nitrogens with one attached hydrogen (secondary N) is 2. The first-order valence-electron chi connectivity index (χ1n) is 5.80. The molecule has 0 aromatic rings. The molecule has 0 aliphatic heterocycles. The molecule has 1 fully saturated rings. The highest BCUT2D eigenvalue weighted by atomic mass is 17.1. The molecule has 9 nitrogen and oxygen atoms in total. The van der Waals surface area contributed by atoms with Gasteiger partial charge >= 0.3 is 0 Å². The molecule has 17 heavy (non-hydrogen) atoms. The number of rotatable bonds is 4.